The third kappa shape index (κ3) is 3.63. The van der Waals surface area contributed by atoms with E-state index in [9.17, 15) is 13.2 Å². The normalized spacial score (nSPS) is 11.0. The van der Waals surface area contributed by atoms with Crippen LogP contribution in [0.3, 0.4) is 0 Å². The summed E-state index contributed by atoms with van der Waals surface area (Å²) in [6.45, 7) is 2.69. The lowest BCUT2D eigenvalue weighted by molar-refractivity contribution is -0.141. The van der Waals surface area contributed by atoms with Crippen molar-refractivity contribution >= 4 is 5.82 Å². The molecular weight excluding hydrogens is 231 g/mol. The Kier molecular flexibility index (Phi) is 4.32. The molecule has 0 aromatic carbocycles. The third-order valence-electron chi connectivity index (χ3n) is 2.22. The summed E-state index contributed by atoms with van der Waals surface area (Å²) in [7, 11) is 0. The first kappa shape index (κ1) is 13.3. The number of nitriles is 1. The number of anilines is 1. The van der Waals surface area contributed by atoms with E-state index in [0.717, 1.165) is 6.07 Å². The van der Waals surface area contributed by atoms with Crippen molar-refractivity contribution in [2.24, 2.45) is 0 Å². The number of halogens is 3. The molecule has 0 saturated carbocycles. The van der Waals surface area contributed by atoms with Crippen LogP contribution in [0.5, 0.6) is 0 Å². The zero-order chi connectivity index (χ0) is 12.9. The van der Waals surface area contributed by atoms with Crippen molar-refractivity contribution < 1.29 is 13.2 Å². The van der Waals surface area contributed by atoms with Crippen molar-refractivity contribution in [3.8, 4) is 6.07 Å². The molecule has 0 fully saturated rings. The van der Waals surface area contributed by atoms with Gasteiger partial charge in [0.05, 0.1) is 12.5 Å². The molecule has 0 N–H and O–H groups in total. The second kappa shape index (κ2) is 5.53. The predicted molar refractivity (Wildman–Crippen MR) is 57.4 cm³/mol. The van der Waals surface area contributed by atoms with E-state index in [2.05, 4.69) is 4.98 Å². The molecule has 1 aromatic rings. The zero-order valence-corrected chi connectivity index (χ0v) is 9.33. The van der Waals surface area contributed by atoms with Crippen LogP contribution in [0.2, 0.25) is 0 Å². The maximum Gasteiger partial charge on any atom is 0.433 e. The van der Waals surface area contributed by atoms with Crippen molar-refractivity contribution in [3.63, 3.8) is 0 Å². The average Bonchev–Trinajstić information content (AvgIpc) is 2.29. The Morgan fingerprint density at radius 2 is 2.12 bits per heavy atom. The first-order valence-electron chi connectivity index (χ1n) is 5.15. The number of alkyl halides is 3. The van der Waals surface area contributed by atoms with Crippen molar-refractivity contribution in [2.45, 2.75) is 19.5 Å². The number of hydrogen-bond acceptors (Lipinski definition) is 3. The first-order valence-corrected chi connectivity index (χ1v) is 5.15. The number of nitrogens with zero attached hydrogens (tertiary/aromatic N) is 3. The minimum atomic E-state index is -4.44. The van der Waals surface area contributed by atoms with Crippen molar-refractivity contribution in [3.05, 3.63) is 23.9 Å². The Hall–Kier alpha value is -1.77. The summed E-state index contributed by atoms with van der Waals surface area (Å²) in [5, 5.41) is 8.46. The van der Waals surface area contributed by atoms with Gasteiger partial charge >= 0.3 is 6.18 Å². The predicted octanol–water partition coefficient (Wildman–Crippen LogP) is 2.84. The monoisotopic (exact) mass is 243 g/mol. The van der Waals surface area contributed by atoms with E-state index in [1.165, 1.54) is 12.1 Å². The van der Waals surface area contributed by atoms with Gasteiger partial charge in [-0.1, -0.05) is 6.07 Å². The second-order valence-corrected chi connectivity index (χ2v) is 3.37. The zero-order valence-electron chi connectivity index (χ0n) is 9.33. The molecule has 1 aromatic heterocycles. The van der Waals surface area contributed by atoms with Crippen LogP contribution < -0.4 is 4.90 Å². The molecule has 92 valence electrons. The number of aromatic nitrogens is 1. The molecule has 0 aliphatic rings. The molecule has 0 aliphatic heterocycles. The molecule has 6 heteroatoms. The molecule has 0 atom stereocenters. The highest BCUT2D eigenvalue weighted by Crippen LogP contribution is 2.28. The summed E-state index contributed by atoms with van der Waals surface area (Å²) in [5.41, 5.74) is -0.912. The lowest BCUT2D eigenvalue weighted by Gasteiger charge is -2.21. The lowest BCUT2D eigenvalue weighted by Crippen LogP contribution is -2.25. The van der Waals surface area contributed by atoms with E-state index in [1.807, 2.05) is 6.07 Å². The highest BCUT2D eigenvalue weighted by atomic mass is 19.4. The molecule has 0 amide bonds. The highest BCUT2D eigenvalue weighted by Gasteiger charge is 2.32. The highest BCUT2D eigenvalue weighted by molar-refractivity contribution is 5.39. The van der Waals surface area contributed by atoms with Gasteiger partial charge in [0.1, 0.15) is 11.5 Å². The molecule has 0 bridgehead atoms. The molecule has 0 radical (unpaired) electrons. The number of pyridine rings is 1. The summed E-state index contributed by atoms with van der Waals surface area (Å²) in [6, 6.07) is 5.72. The quantitative estimate of drug-likeness (QED) is 0.816. The third-order valence-corrected chi connectivity index (χ3v) is 2.22. The first-order chi connectivity index (χ1) is 7.99. The topological polar surface area (TPSA) is 39.9 Å². The lowest BCUT2D eigenvalue weighted by atomic mass is 10.3. The van der Waals surface area contributed by atoms with E-state index in [1.54, 1.807) is 11.8 Å². The molecule has 0 aliphatic carbocycles. The second-order valence-electron chi connectivity index (χ2n) is 3.37. The standard InChI is InChI=1S/C11H12F3N3/c1-2-17(8-4-7-15)10-6-3-5-9(16-10)11(12,13)14/h3,5-6H,2,4,8H2,1H3. The maximum atomic E-state index is 12.5. The fraction of sp³-hybridized carbons (Fsp3) is 0.455. The van der Waals surface area contributed by atoms with Gasteiger partial charge in [0.2, 0.25) is 0 Å². The molecular formula is C11H12F3N3. The largest absolute Gasteiger partial charge is 0.433 e. The Morgan fingerprint density at radius 3 is 2.65 bits per heavy atom. The van der Waals surface area contributed by atoms with Crippen LogP contribution in [0.1, 0.15) is 19.0 Å². The van der Waals surface area contributed by atoms with Crippen molar-refractivity contribution in [2.75, 3.05) is 18.0 Å². The van der Waals surface area contributed by atoms with Crippen LogP contribution in [-0.2, 0) is 6.18 Å². The van der Waals surface area contributed by atoms with Gasteiger partial charge in [-0.05, 0) is 19.1 Å². The summed E-state index contributed by atoms with van der Waals surface area (Å²) in [4.78, 5) is 5.20. The van der Waals surface area contributed by atoms with Gasteiger partial charge in [-0.3, -0.25) is 0 Å². The van der Waals surface area contributed by atoms with E-state index in [0.29, 0.717) is 13.1 Å². The summed E-state index contributed by atoms with van der Waals surface area (Å²) in [5.74, 6) is 0.248. The average molecular weight is 243 g/mol. The van der Waals surface area contributed by atoms with Crippen LogP contribution in [0.4, 0.5) is 19.0 Å². The number of hydrogen-bond donors (Lipinski definition) is 0. The van der Waals surface area contributed by atoms with E-state index >= 15 is 0 Å². The SMILES string of the molecule is CCN(CCC#N)c1cccc(C(F)(F)F)n1. The van der Waals surface area contributed by atoms with Gasteiger partial charge in [0.15, 0.2) is 0 Å². The van der Waals surface area contributed by atoms with Crippen molar-refractivity contribution in [1.29, 1.82) is 5.26 Å². The minimum absolute atomic E-state index is 0.248. The summed E-state index contributed by atoms with van der Waals surface area (Å²) in [6.07, 6.45) is -4.18. The van der Waals surface area contributed by atoms with E-state index in [4.69, 9.17) is 5.26 Å². The summed E-state index contributed by atoms with van der Waals surface area (Å²) >= 11 is 0. The van der Waals surface area contributed by atoms with Crippen molar-refractivity contribution in [1.82, 2.24) is 4.98 Å². The minimum Gasteiger partial charge on any atom is -0.356 e. The molecule has 0 unspecified atom stereocenters. The van der Waals surface area contributed by atoms with Gasteiger partial charge in [-0.2, -0.15) is 18.4 Å². The van der Waals surface area contributed by atoms with Crippen LogP contribution in [0.25, 0.3) is 0 Å². The summed E-state index contributed by atoms with van der Waals surface area (Å²) < 4.78 is 37.4. The Morgan fingerprint density at radius 1 is 1.41 bits per heavy atom. The molecule has 0 saturated heterocycles. The van der Waals surface area contributed by atoms with Crippen LogP contribution in [0.15, 0.2) is 18.2 Å². The fourth-order valence-electron chi connectivity index (χ4n) is 1.38. The Bertz CT molecular complexity index is 409. The molecule has 1 rings (SSSR count). The van der Waals surface area contributed by atoms with E-state index < -0.39 is 11.9 Å². The van der Waals surface area contributed by atoms with Crippen LogP contribution in [-0.4, -0.2) is 18.1 Å². The molecule has 17 heavy (non-hydrogen) atoms. The van der Waals surface area contributed by atoms with Crippen LogP contribution in [0, 0.1) is 11.3 Å². The fourth-order valence-corrected chi connectivity index (χ4v) is 1.38. The van der Waals surface area contributed by atoms with Gasteiger partial charge in [0.25, 0.3) is 0 Å². The van der Waals surface area contributed by atoms with Gasteiger partial charge in [-0.25, -0.2) is 4.98 Å². The maximum absolute atomic E-state index is 12.5. The van der Waals surface area contributed by atoms with Gasteiger partial charge in [0, 0.05) is 13.1 Å². The van der Waals surface area contributed by atoms with Gasteiger partial charge in [-0.15, -0.1) is 0 Å². The molecule has 1 heterocycles. The smallest absolute Gasteiger partial charge is 0.356 e. The van der Waals surface area contributed by atoms with Crippen LogP contribution >= 0.6 is 0 Å². The van der Waals surface area contributed by atoms with Gasteiger partial charge < -0.3 is 4.90 Å². The Balaban J connectivity index is 2.93. The van der Waals surface area contributed by atoms with E-state index in [-0.39, 0.29) is 12.2 Å². The molecule has 0 spiro atoms. The molecule has 3 nitrogen and oxygen atoms in total. The number of rotatable bonds is 4. The Labute approximate surface area is 97.5 Å².